The van der Waals surface area contributed by atoms with Crippen LogP contribution in [0.25, 0.3) is 0 Å². The first-order valence-electron chi connectivity index (χ1n) is 5.48. The molecule has 0 amide bonds. The number of nitrogens with zero attached hydrogens (tertiary/aromatic N) is 1. The minimum atomic E-state index is -3.57. The van der Waals surface area contributed by atoms with Gasteiger partial charge in [0.25, 0.3) is 10.0 Å². The predicted octanol–water partition coefficient (Wildman–Crippen LogP) is 3.78. The molecule has 0 N–H and O–H groups in total. The molecule has 0 fully saturated rings. The van der Waals surface area contributed by atoms with E-state index >= 15 is 0 Å². The lowest BCUT2D eigenvalue weighted by molar-refractivity contribution is 0.595. The molecule has 1 aromatic heterocycles. The number of anilines is 1. The second kappa shape index (κ2) is 5.77. The standard InChI is InChI=1S/C13H12ClNO2S2/c1-2-8-15(12-6-3-5-11(14)10-12)19(16,17)13-7-4-9-18-13/h2-7,9-10H,1,8H2. The summed E-state index contributed by atoms with van der Waals surface area (Å²) >= 11 is 7.11. The zero-order valence-corrected chi connectivity index (χ0v) is 12.4. The number of benzene rings is 1. The monoisotopic (exact) mass is 313 g/mol. The molecule has 3 nitrogen and oxygen atoms in total. The highest BCUT2D eigenvalue weighted by molar-refractivity contribution is 7.94. The maximum Gasteiger partial charge on any atom is 0.274 e. The van der Waals surface area contributed by atoms with Gasteiger partial charge in [0.15, 0.2) is 0 Å². The topological polar surface area (TPSA) is 37.4 Å². The number of rotatable bonds is 5. The first-order chi connectivity index (χ1) is 9.05. The summed E-state index contributed by atoms with van der Waals surface area (Å²) in [5.74, 6) is 0. The van der Waals surface area contributed by atoms with E-state index in [1.165, 1.54) is 15.6 Å². The molecule has 6 heteroatoms. The molecule has 19 heavy (non-hydrogen) atoms. The van der Waals surface area contributed by atoms with Crippen LogP contribution in [0, 0.1) is 0 Å². The molecule has 0 spiro atoms. The Hall–Kier alpha value is -1.30. The minimum Gasteiger partial charge on any atom is -0.262 e. The molecular formula is C13H12ClNO2S2. The van der Waals surface area contributed by atoms with Crippen molar-refractivity contribution in [2.24, 2.45) is 0 Å². The molecule has 2 aromatic rings. The van der Waals surface area contributed by atoms with Crippen molar-refractivity contribution < 1.29 is 8.42 Å². The predicted molar refractivity (Wildman–Crippen MR) is 80.5 cm³/mol. The quantitative estimate of drug-likeness (QED) is 0.788. The van der Waals surface area contributed by atoms with Crippen molar-refractivity contribution in [1.29, 1.82) is 0 Å². The molecule has 0 unspecified atom stereocenters. The fourth-order valence-corrected chi connectivity index (χ4v) is 4.33. The van der Waals surface area contributed by atoms with Crippen LogP contribution >= 0.6 is 22.9 Å². The minimum absolute atomic E-state index is 0.195. The lowest BCUT2D eigenvalue weighted by Gasteiger charge is -2.22. The van der Waals surface area contributed by atoms with Crippen LogP contribution in [0.2, 0.25) is 5.02 Å². The highest BCUT2D eigenvalue weighted by Crippen LogP contribution is 2.28. The molecule has 0 saturated heterocycles. The van der Waals surface area contributed by atoms with Gasteiger partial charge in [-0.25, -0.2) is 8.42 Å². The summed E-state index contributed by atoms with van der Waals surface area (Å²) in [6, 6.07) is 10.0. The number of thiophene rings is 1. The Balaban J connectivity index is 2.49. The third-order valence-electron chi connectivity index (χ3n) is 2.43. The van der Waals surface area contributed by atoms with Gasteiger partial charge in [-0.05, 0) is 29.6 Å². The van der Waals surface area contributed by atoms with Gasteiger partial charge in [0, 0.05) is 5.02 Å². The van der Waals surface area contributed by atoms with E-state index in [-0.39, 0.29) is 6.54 Å². The van der Waals surface area contributed by atoms with E-state index in [1.807, 2.05) is 0 Å². The van der Waals surface area contributed by atoms with E-state index in [0.29, 0.717) is 14.9 Å². The molecule has 0 aliphatic heterocycles. The van der Waals surface area contributed by atoms with Gasteiger partial charge >= 0.3 is 0 Å². The van der Waals surface area contributed by atoms with Gasteiger partial charge in [-0.3, -0.25) is 4.31 Å². The Kier molecular flexibility index (Phi) is 4.29. The Morgan fingerprint density at radius 2 is 2.11 bits per heavy atom. The molecule has 0 aliphatic rings. The van der Waals surface area contributed by atoms with Crippen LogP contribution in [0.4, 0.5) is 5.69 Å². The average molecular weight is 314 g/mol. The zero-order chi connectivity index (χ0) is 13.9. The van der Waals surface area contributed by atoms with E-state index in [1.54, 1.807) is 47.9 Å². The number of hydrogen-bond donors (Lipinski definition) is 0. The normalized spacial score (nSPS) is 11.2. The molecule has 1 heterocycles. The maximum absolute atomic E-state index is 12.5. The van der Waals surface area contributed by atoms with Crippen LogP contribution in [0.15, 0.2) is 58.6 Å². The van der Waals surface area contributed by atoms with Crippen molar-refractivity contribution >= 4 is 38.6 Å². The van der Waals surface area contributed by atoms with Gasteiger partial charge in [0.2, 0.25) is 0 Å². The Labute approximate surface area is 121 Å². The molecular weight excluding hydrogens is 302 g/mol. The SMILES string of the molecule is C=CCN(c1cccc(Cl)c1)S(=O)(=O)c1cccs1. The summed E-state index contributed by atoms with van der Waals surface area (Å²) < 4.78 is 26.7. The summed E-state index contributed by atoms with van der Waals surface area (Å²) in [6.45, 7) is 3.80. The van der Waals surface area contributed by atoms with Gasteiger partial charge < -0.3 is 0 Å². The lowest BCUT2D eigenvalue weighted by atomic mass is 10.3. The molecule has 1 aromatic carbocycles. The summed E-state index contributed by atoms with van der Waals surface area (Å²) in [5, 5.41) is 2.23. The van der Waals surface area contributed by atoms with Crippen molar-refractivity contribution in [1.82, 2.24) is 0 Å². The van der Waals surface area contributed by atoms with Crippen molar-refractivity contribution in [3.8, 4) is 0 Å². The second-order valence-corrected chi connectivity index (χ2v) is 7.21. The summed E-state index contributed by atoms with van der Waals surface area (Å²) in [5.41, 5.74) is 0.529. The molecule has 0 aliphatic carbocycles. The highest BCUT2D eigenvalue weighted by Gasteiger charge is 2.24. The Morgan fingerprint density at radius 3 is 2.68 bits per heavy atom. The van der Waals surface area contributed by atoms with Crippen molar-refractivity contribution in [3.63, 3.8) is 0 Å². The Bertz CT molecular complexity index is 666. The van der Waals surface area contributed by atoms with Gasteiger partial charge in [-0.2, -0.15) is 0 Å². The molecule has 0 atom stereocenters. The maximum atomic E-state index is 12.5. The summed E-state index contributed by atoms with van der Waals surface area (Å²) in [7, 11) is -3.57. The fraction of sp³-hybridized carbons (Fsp3) is 0.0769. The molecule has 0 saturated carbocycles. The van der Waals surface area contributed by atoms with Gasteiger partial charge in [0.1, 0.15) is 4.21 Å². The smallest absolute Gasteiger partial charge is 0.262 e. The summed E-state index contributed by atoms with van der Waals surface area (Å²) in [6.07, 6.45) is 1.55. The molecule has 0 radical (unpaired) electrons. The highest BCUT2D eigenvalue weighted by atomic mass is 35.5. The largest absolute Gasteiger partial charge is 0.274 e. The van der Waals surface area contributed by atoms with Crippen LogP contribution in [0.3, 0.4) is 0 Å². The van der Waals surface area contributed by atoms with Gasteiger partial charge in [0.05, 0.1) is 12.2 Å². The van der Waals surface area contributed by atoms with Gasteiger partial charge in [-0.1, -0.05) is 29.8 Å². The number of hydrogen-bond acceptors (Lipinski definition) is 3. The van der Waals surface area contributed by atoms with Crippen molar-refractivity contribution in [2.45, 2.75) is 4.21 Å². The van der Waals surface area contributed by atoms with Crippen molar-refractivity contribution in [2.75, 3.05) is 10.8 Å². The third kappa shape index (κ3) is 3.00. The first kappa shape index (κ1) is 14.1. The van der Waals surface area contributed by atoms with Crippen LogP contribution in [-0.4, -0.2) is 15.0 Å². The molecule has 0 bridgehead atoms. The fourth-order valence-electron chi connectivity index (χ4n) is 1.61. The number of sulfonamides is 1. The third-order valence-corrected chi connectivity index (χ3v) is 5.83. The van der Waals surface area contributed by atoms with Crippen LogP contribution in [-0.2, 0) is 10.0 Å². The number of halogens is 1. The average Bonchev–Trinajstić information content (AvgIpc) is 2.90. The Morgan fingerprint density at radius 1 is 1.32 bits per heavy atom. The van der Waals surface area contributed by atoms with E-state index < -0.39 is 10.0 Å². The van der Waals surface area contributed by atoms with Crippen LogP contribution in [0.5, 0.6) is 0 Å². The lowest BCUT2D eigenvalue weighted by Crippen LogP contribution is -2.30. The van der Waals surface area contributed by atoms with E-state index in [2.05, 4.69) is 6.58 Å². The zero-order valence-electron chi connectivity index (χ0n) is 9.99. The molecule has 100 valence electrons. The second-order valence-electron chi connectivity index (χ2n) is 3.74. The van der Waals surface area contributed by atoms with E-state index in [4.69, 9.17) is 11.6 Å². The van der Waals surface area contributed by atoms with Crippen LogP contribution in [0.1, 0.15) is 0 Å². The summed E-state index contributed by atoms with van der Waals surface area (Å²) in [4.78, 5) is 0. The van der Waals surface area contributed by atoms with Crippen LogP contribution < -0.4 is 4.31 Å². The van der Waals surface area contributed by atoms with E-state index in [0.717, 1.165) is 0 Å². The van der Waals surface area contributed by atoms with Crippen molar-refractivity contribution in [3.05, 3.63) is 59.5 Å². The first-order valence-corrected chi connectivity index (χ1v) is 8.18. The molecule has 2 rings (SSSR count). The van der Waals surface area contributed by atoms with Gasteiger partial charge in [-0.15, -0.1) is 17.9 Å². The van der Waals surface area contributed by atoms with E-state index in [9.17, 15) is 8.42 Å².